The molecule has 1 aliphatic heterocycles. The molecule has 1 saturated heterocycles. The Balaban J connectivity index is 2.18. The quantitative estimate of drug-likeness (QED) is 0.433. The van der Waals surface area contributed by atoms with E-state index in [2.05, 4.69) is 0 Å². The highest BCUT2D eigenvalue weighted by atomic mass is 16.3. The van der Waals surface area contributed by atoms with Crippen LogP contribution in [0.2, 0.25) is 0 Å². The number of benzene rings is 2. The van der Waals surface area contributed by atoms with Gasteiger partial charge < -0.3 is 14.9 Å². The van der Waals surface area contributed by atoms with Crippen molar-refractivity contribution >= 4 is 23.1 Å². The van der Waals surface area contributed by atoms with E-state index in [0.717, 1.165) is 35.2 Å². The summed E-state index contributed by atoms with van der Waals surface area (Å²) in [7, 11) is 3.92. The number of carbonyl (C=O) groups excluding carboxylic acids is 2. The number of aliphatic hydroxyl groups is 1. The molecule has 0 spiro atoms. The molecule has 158 valence electrons. The normalized spacial score (nSPS) is 18.2. The number of carbonyl (C=O) groups is 2. The maximum absolute atomic E-state index is 13.0. The fourth-order valence-corrected chi connectivity index (χ4v) is 3.88. The second-order valence-electron chi connectivity index (χ2n) is 8.15. The van der Waals surface area contributed by atoms with Gasteiger partial charge in [0, 0.05) is 31.9 Å². The van der Waals surface area contributed by atoms with E-state index in [1.165, 1.54) is 0 Å². The van der Waals surface area contributed by atoms with E-state index < -0.39 is 17.7 Å². The van der Waals surface area contributed by atoms with Crippen molar-refractivity contribution in [1.82, 2.24) is 4.90 Å². The van der Waals surface area contributed by atoms with Crippen molar-refractivity contribution in [2.24, 2.45) is 0 Å². The second kappa shape index (κ2) is 8.74. The average Bonchev–Trinajstić information content (AvgIpc) is 2.98. The molecule has 1 heterocycles. The van der Waals surface area contributed by atoms with Crippen molar-refractivity contribution in [2.45, 2.75) is 39.7 Å². The van der Waals surface area contributed by atoms with Crippen LogP contribution in [0.3, 0.4) is 0 Å². The summed E-state index contributed by atoms with van der Waals surface area (Å²) >= 11 is 0. The molecule has 1 aliphatic rings. The Labute approximate surface area is 178 Å². The van der Waals surface area contributed by atoms with Crippen LogP contribution in [0, 0.1) is 13.8 Å². The average molecular weight is 407 g/mol. The van der Waals surface area contributed by atoms with Crippen molar-refractivity contribution in [3.8, 4) is 0 Å². The fraction of sp³-hybridized carbons (Fsp3) is 0.360. The number of rotatable bonds is 6. The molecule has 3 rings (SSSR count). The van der Waals surface area contributed by atoms with Crippen molar-refractivity contribution in [3.05, 3.63) is 70.3 Å². The Morgan fingerprint density at radius 2 is 1.73 bits per heavy atom. The maximum Gasteiger partial charge on any atom is 0.295 e. The Morgan fingerprint density at radius 3 is 2.33 bits per heavy atom. The Kier molecular flexibility index (Phi) is 6.30. The number of hydrogen-bond donors (Lipinski definition) is 1. The van der Waals surface area contributed by atoms with Gasteiger partial charge in [-0.3, -0.25) is 9.59 Å². The van der Waals surface area contributed by atoms with Gasteiger partial charge in [0.15, 0.2) is 0 Å². The lowest BCUT2D eigenvalue weighted by atomic mass is 9.93. The summed E-state index contributed by atoms with van der Waals surface area (Å²) in [5.41, 5.74) is 4.45. The molecule has 0 bridgehead atoms. The molecule has 0 radical (unpaired) electrons. The molecule has 5 heteroatoms. The van der Waals surface area contributed by atoms with E-state index in [1.54, 1.807) is 4.90 Å². The van der Waals surface area contributed by atoms with E-state index in [-0.39, 0.29) is 11.3 Å². The summed E-state index contributed by atoms with van der Waals surface area (Å²) in [6, 6.07) is 12.9. The third-order valence-corrected chi connectivity index (χ3v) is 5.67. The topological polar surface area (TPSA) is 60.9 Å². The summed E-state index contributed by atoms with van der Waals surface area (Å²) in [6.07, 6.45) is 1.70. The van der Waals surface area contributed by atoms with Gasteiger partial charge in [0.25, 0.3) is 11.7 Å². The fourth-order valence-electron chi connectivity index (χ4n) is 3.88. The largest absolute Gasteiger partial charge is 0.507 e. The number of aryl methyl sites for hydroxylation is 2. The summed E-state index contributed by atoms with van der Waals surface area (Å²) < 4.78 is 0. The van der Waals surface area contributed by atoms with Crippen LogP contribution in [0.25, 0.3) is 5.76 Å². The van der Waals surface area contributed by atoms with Gasteiger partial charge in [0.1, 0.15) is 5.76 Å². The molecule has 0 aliphatic carbocycles. The lowest BCUT2D eigenvalue weighted by Gasteiger charge is -2.26. The predicted octanol–water partition coefficient (Wildman–Crippen LogP) is 4.59. The first-order valence-electron chi connectivity index (χ1n) is 10.4. The number of ketones is 1. The molecule has 1 N–H and O–H groups in total. The number of anilines is 1. The van der Waals surface area contributed by atoms with E-state index in [1.807, 2.05) is 82.2 Å². The number of aliphatic hydroxyl groups excluding tert-OH is 1. The number of Topliss-reactive ketones (excluding diaryl/α,β-unsaturated/α-hetero) is 1. The zero-order chi connectivity index (χ0) is 22.0. The van der Waals surface area contributed by atoms with Gasteiger partial charge in [-0.05, 0) is 49.6 Å². The number of amides is 1. The van der Waals surface area contributed by atoms with Crippen LogP contribution in [-0.4, -0.2) is 42.3 Å². The van der Waals surface area contributed by atoms with Crippen LogP contribution in [0.1, 0.15) is 48.1 Å². The first kappa shape index (κ1) is 21.6. The smallest absolute Gasteiger partial charge is 0.295 e. The van der Waals surface area contributed by atoms with Gasteiger partial charge >= 0.3 is 0 Å². The van der Waals surface area contributed by atoms with Crippen molar-refractivity contribution in [2.75, 3.05) is 25.5 Å². The van der Waals surface area contributed by atoms with E-state index >= 15 is 0 Å². The molecule has 30 heavy (non-hydrogen) atoms. The molecular weight excluding hydrogens is 376 g/mol. The molecule has 5 nitrogen and oxygen atoms in total. The zero-order valence-electron chi connectivity index (χ0n) is 18.4. The Bertz CT molecular complexity index is 990. The molecule has 2 aromatic carbocycles. The lowest BCUT2D eigenvalue weighted by molar-refractivity contribution is -0.139. The summed E-state index contributed by atoms with van der Waals surface area (Å²) in [4.78, 5) is 29.5. The minimum atomic E-state index is -0.619. The maximum atomic E-state index is 13.0. The highest BCUT2D eigenvalue weighted by Crippen LogP contribution is 2.40. The van der Waals surface area contributed by atoms with Gasteiger partial charge in [-0.1, -0.05) is 43.2 Å². The SMILES string of the molecule is CCCCN1C(=O)C(=O)/C(=C(/O)c2cc(C)ccc2C)C1c1ccc(N(C)C)cc1. The van der Waals surface area contributed by atoms with Gasteiger partial charge in [-0.25, -0.2) is 0 Å². The third kappa shape index (κ3) is 3.97. The minimum Gasteiger partial charge on any atom is -0.507 e. The van der Waals surface area contributed by atoms with E-state index in [0.29, 0.717) is 12.1 Å². The van der Waals surface area contributed by atoms with Crippen LogP contribution in [0.15, 0.2) is 48.0 Å². The number of nitrogens with zero attached hydrogens (tertiary/aromatic N) is 2. The van der Waals surface area contributed by atoms with Crippen LogP contribution in [0.5, 0.6) is 0 Å². The molecule has 0 aromatic heterocycles. The van der Waals surface area contributed by atoms with Gasteiger partial charge in [-0.2, -0.15) is 0 Å². The van der Waals surface area contributed by atoms with Crippen molar-refractivity contribution < 1.29 is 14.7 Å². The molecule has 1 unspecified atom stereocenters. The van der Waals surface area contributed by atoms with E-state index in [9.17, 15) is 14.7 Å². The monoisotopic (exact) mass is 406 g/mol. The highest BCUT2D eigenvalue weighted by molar-refractivity contribution is 6.46. The van der Waals surface area contributed by atoms with E-state index in [4.69, 9.17) is 0 Å². The number of unbranched alkanes of at least 4 members (excludes halogenated alkanes) is 1. The van der Waals surface area contributed by atoms with Gasteiger partial charge in [0.2, 0.25) is 0 Å². The first-order valence-corrected chi connectivity index (χ1v) is 10.4. The zero-order valence-corrected chi connectivity index (χ0v) is 18.4. The Hall–Kier alpha value is -3.08. The van der Waals surface area contributed by atoms with Crippen molar-refractivity contribution in [3.63, 3.8) is 0 Å². The summed E-state index contributed by atoms with van der Waals surface area (Å²) in [5.74, 6) is -1.27. The first-order chi connectivity index (χ1) is 14.3. The van der Waals surface area contributed by atoms with Crippen LogP contribution >= 0.6 is 0 Å². The van der Waals surface area contributed by atoms with Crippen molar-refractivity contribution in [1.29, 1.82) is 0 Å². The Morgan fingerprint density at radius 1 is 1.07 bits per heavy atom. The molecule has 0 saturated carbocycles. The van der Waals surface area contributed by atoms with Gasteiger partial charge in [-0.15, -0.1) is 0 Å². The molecule has 1 atom stereocenters. The predicted molar refractivity (Wildman–Crippen MR) is 121 cm³/mol. The number of likely N-dealkylation sites (tertiary alicyclic amines) is 1. The van der Waals surface area contributed by atoms with Gasteiger partial charge in [0.05, 0.1) is 11.6 Å². The molecular formula is C25H30N2O3. The van der Waals surface area contributed by atoms with Crippen LogP contribution < -0.4 is 4.90 Å². The molecule has 2 aromatic rings. The van der Waals surface area contributed by atoms with Crippen LogP contribution in [-0.2, 0) is 9.59 Å². The minimum absolute atomic E-state index is 0.102. The second-order valence-corrected chi connectivity index (χ2v) is 8.15. The van der Waals surface area contributed by atoms with Crippen LogP contribution in [0.4, 0.5) is 5.69 Å². The molecule has 1 amide bonds. The summed E-state index contributed by atoms with van der Waals surface area (Å²) in [5, 5.41) is 11.2. The third-order valence-electron chi connectivity index (χ3n) is 5.67. The lowest BCUT2D eigenvalue weighted by Crippen LogP contribution is -2.30. The summed E-state index contributed by atoms with van der Waals surface area (Å²) in [6.45, 7) is 6.36. The molecule has 1 fully saturated rings. The number of hydrogen-bond acceptors (Lipinski definition) is 4. The standard InChI is InChI=1S/C25H30N2O3/c1-6-7-14-27-22(18-10-12-19(13-11-18)26(4)5)21(24(29)25(27)30)23(28)20-15-16(2)8-9-17(20)3/h8-13,15,22,28H,6-7,14H2,1-5H3/b23-21+. The highest BCUT2D eigenvalue weighted by Gasteiger charge is 2.45.